The highest BCUT2D eigenvalue weighted by molar-refractivity contribution is 5.41. The Labute approximate surface area is 523 Å². The van der Waals surface area contributed by atoms with Crippen LogP contribution >= 0.6 is 0 Å². The van der Waals surface area contributed by atoms with E-state index in [0.717, 1.165) is 34.2 Å². The third kappa shape index (κ3) is 35.6. The summed E-state index contributed by atoms with van der Waals surface area (Å²) in [4.78, 5) is 0. The molecule has 0 aromatic heterocycles. The van der Waals surface area contributed by atoms with E-state index in [1.54, 1.807) is 152 Å². The number of aromatic hydroxyl groups is 9. The number of nitriles is 9. The van der Waals surface area contributed by atoms with Gasteiger partial charge in [-0.05, 0) is 162 Å². The zero-order valence-electron chi connectivity index (χ0n) is 48.7. The van der Waals surface area contributed by atoms with Gasteiger partial charge in [0.25, 0.3) is 0 Å². The molecule has 0 saturated carbocycles. The van der Waals surface area contributed by atoms with Gasteiger partial charge in [0.2, 0.25) is 0 Å². The molecule has 0 heterocycles. The van der Waals surface area contributed by atoms with Crippen molar-refractivity contribution >= 4 is 0 Å². The molecule has 0 atom stereocenters. The molecule has 18 nitrogen and oxygen atoms in total. The van der Waals surface area contributed by atoms with Gasteiger partial charge >= 0.3 is 0 Å². The molecule has 0 aliphatic rings. The molecule has 18 heteroatoms. The first-order valence-corrected chi connectivity index (χ1v) is 26.9. The maximum absolute atomic E-state index is 9.23. The standard InChI is InChI=1S/3C9H9NO.3C8H7NO.3C7H5NO/c10-6-2-4-8-3-1-5-9(11)7-8;10-7-1-2-8-3-5-9(11)6-4-8;10-7-3-5-8-4-1-2-6-9(8)11;9-6-5-7-1-3-8(10)4-2-7;9-5-4-7-2-1-3-8(10)6-7;9-6-5-7-3-1-2-4-8(7)10;8-5-6-1-3-7(9)4-2-6;8-5-6-2-1-3-7(9)4-6;8-5-6-3-1-2-4-7(6)9/h1,3,5,7,11H,2,4H2;3-6,11H,1-2H2;1-2,4,6,11H,3,5H2;1-4,10H,5H2;1-3,6,10H,4H2;1-4,10H,5H2;3*1-4,9H. The van der Waals surface area contributed by atoms with Crippen LogP contribution in [0.5, 0.6) is 51.7 Å². The fraction of sp³-hybridized carbons (Fsp3) is 0.125. The number of phenols is 9. The monoisotopic (exact) mass is 1200 g/mol. The molecule has 9 aromatic rings. The Balaban J connectivity index is 0.000000507. The van der Waals surface area contributed by atoms with E-state index in [9.17, 15) is 5.11 Å². The zero-order valence-corrected chi connectivity index (χ0v) is 48.7. The average Bonchev–Trinajstić information content (AvgIpc) is 3.59. The van der Waals surface area contributed by atoms with Gasteiger partial charge in [-0.25, -0.2) is 0 Å². The first kappa shape index (κ1) is 74.6. The predicted octanol–water partition coefficient (Wildman–Crippen LogP) is 13.7. The van der Waals surface area contributed by atoms with Crippen molar-refractivity contribution < 1.29 is 46.0 Å². The third-order valence-corrected chi connectivity index (χ3v) is 11.1. The van der Waals surface area contributed by atoms with Crippen LogP contribution in [0.15, 0.2) is 218 Å². The van der Waals surface area contributed by atoms with E-state index in [0.29, 0.717) is 67.2 Å². The molecule has 0 spiro atoms. The van der Waals surface area contributed by atoms with Crippen molar-refractivity contribution in [3.63, 3.8) is 0 Å². The van der Waals surface area contributed by atoms with Crippen molar-refractivity contribution in [1.29, 1.82) is 47.4 Å². The molecule has 0 aliphatic carbocycles. The minimum Gasteiger partial charge on any atom is -0.508 e. The second-order valence-corrected chi connectivity index (χ2v) is 17.9. The topological polar surface area (TPSA) is 396 Å². The summed E-state index contributed by atoms with van der Waals surface area (Å²) in [6.45, 7) is 0. The van der Waals surface area contributed by atoms with E-state index < -0.39 is 0 Å². The minimum atomic E-state index is 0.0417. The Bertz CT molecular complexity index is 3950. The van der Waals surface area contributed by atoms with Gasteiger partial charge in [0, 0.05) is 24.8 Å². The second kappa shape index (κ2) is 47.0. The number of aryl methyl sites for hydroxylation is 3. The highest BCUT2D eigenvalue weighted by Crippen LogP contribution is 2.19. The number of phenolic OH excluding ortho intramolecular Hbond substituents is 9. The molecule has 0 aliphatic heterocycles. The van der Waals surface area contributed by atoms with Crippen LogP contribution < -0.4 is 0 Å². The summed E-state index contributed by atoms with van der Waals surface area (Å²) in [6.07, 6.45) is 4.62. The van der Waals surface area contributed by atoms with Crippen LogP contribution in [0.2, 0.25) is 0 Å². The minimum absolute atomic E-state index is 0.0417. The van der Waals surface area contributed by atoms with Crippen LogP contribution in [-0.2, 0) is 38.5 Å². The summed E-state index contributed by atoms with van der Waals surface area (Å²) in [5.74, 6) is 1.83. The molecule has 450 valence electrons. The maximum Gasteiger partial charge on any atom is 0.133 e. The van der Waals surface area contributed by atoms with Crippen LogP contribution in [0.1, 0.15) is 69.3 Å². The van der Waals surface area contributed by atoms with Crippen LogP contribution in [0.25, 0.3) is 0 Å². The summed E-state index contributed by atoms with van der Waals surface area (Å²) >= 11 is 0. The number of hydrogen-bond acceptors (Lipinski definition) is 18. The SMILES string of the molecule is N#CCCc1ccc(O)cc1.N#CCCc1cccc(O)c1.N#CCCc1ccccc1O.N#CCc1ccc(O)cc1.N#CCc1cccc(O)c1.N#CCc1ccccc1O.N#Cc1ccc(O)cc1.N#Cc1cccc(O)c1.N#Cc1ccccc1O. The lowest BCUT2D eigenvalue weighted by molar-refractivity contribution is 0.468. The largest absolute Gasteiger partial charge is 0.508 e. The van der Waals surface area contributed by atoms with Gasteiger partial charge in [0.15, 0.2) is 0 Å². The van der Waals surface area contributed by atoms with E-state index in [1.165, 1.54) is 30.3 Å². The van der Waals surface area contributed by atoms with Gasteiger partial charge in [0.05, 0.1) is 84.5 Å². The van der Waals surface area contributed by atoms with Crippen molar-refractivity contribution in [2.75, 3.05) is 0 Å². The first-order valence-electron chi connectivity index (χ1n) is 26.9. The van der Waals surface area contributed by atoms with Crippen LogP contribution in [0.4, 0.5) is 0 Å². The number of para-hydroxylation sites is 3. The molecule has 0 bridgehead atoms. The Kier molecular flexibility index (Phi) is 39.0. The van der Waals surface area contributed by atoms with Crippen molar-refractivity contribution in [2.45, 2.75) is 57.8 Å². The lowest BCUT2D eigenvalue weighted by atomic mass is 10.1. The van der Waals surface area contributed by atoms with E-state index in [1.807, 2.05) is 78.9 Å². The second-order valence-electron chi connectivity index (χ2n) is 17.9. The Morgan fingerprint density at radius 2 is 0.633 bits per heavy atom. The molecule has 0 fully saturated rings. The Morgan fingerprint density at radius 3 is 1.06 bits per heavy atom. The number of rotatable bonds is 9. The maximum atomic E-state index is 9.23. The number of nitrogens with zero attached hydrogens (tertiary/aromatic N) is 9. The highest BCUT2D eigenvalue weighted by atomic mass is 16.3. The molecular formula is C72H63N9O9. The molecular weight excluding hydrogens is 1130 g/mol. The van der Waals surface area contributed by atoms with Gasteiger partial charge < -0.3 is 46.0 Å². The van der Waals surface area contributed by atoms with E-state index >= 15 is 0 Å². The van der Waals surface area contributed by atoms with E-state index in [2.05, 4.69) is 12.1 Å². The summed E-state index contributed by atoms with van der Waals surface area (Å²) in [6, 6.07) is 77.7. The lowest BCUT2D eigenvalue weighted by Gasteiger charge is -1.98. The zero-order chi connectivity index (χ0) is 66.6. The van der Waals surface area contributed by atoms with Crippen molar-refractivity contribution in [3.8, 4) is 106 Å². The molecule has 90 heavy (non-hydrogen) atoms. The fourth-order valence-electron chi connectivity index (χ4n) is 6.58. The van der Waals surface area contributed by atoms with Crippen LogP contribution in [-0.4, -0.2) is 46.0 Å². The summed E-state index contributed by atoms with van der Waals surface area (Å²) in [5, 5.41) is 155. The number of hydrogen-bond donors (Lipinski definition) is 9. The fourth-order valence-corrected chi connectivity index (χ4v) is 6.58. The van der Waals surface area contributed by atoms with E-state index in [4.69, 9.17) is 88.2 Å². The quantitative estimate of drug-likeness (QED) is 0.0648. The Morgan fingerprint density at radius 1 is 0.244 bits per heavy atom. The van der Waals surface area contributed by atoms with Crippen molar-refractivity contribution in [2.24, 2.45) is 0 Å². The average molecular weight is 1200 g/mol. The lowest BCUT2D eigenvalue weighted by Crippen LogP contribution is -1.82. The van der Waals surface area contributed by atoms with Crippen molar-refractivity contribution in [3.05, 3.63) is 268 Å². The van der Waals surface area contributed by atoms with Gasteiger partial charge in [-0.2, -0.15) is 47.4 Å². The molecule has 0 amide bonds. The van der Waals surface area contributed by atoms with Crippen LogP contribution in [0.3, 0.4) is 0 Å². The molecule has 9 rings (SSSR count). The molecule has 9 aromatic carbocycles. The molecule has 9 N–H and O–H groups in total. The van der Waals surface area contributed by atoms with Gasteiger partial charge in [-0.3, -0.25) is 0 Å². The smallest absolute Gasteiger partial charge is 0.133 e. The van der Waals surface area contributed by atoms with Crippen LogP contribution in [0, 0.1) is 102 Å². The van der Waals surface area contributed by atoms with Gasteiger partial charge in [-0.15, -0.1) is 0 Å². The molecule has 0 unspecified atom stereocenters. The highest BCUT2D eigenvalue weighted by Gasteiger charge is 1.99. The number of benzene rings is 9. The van der Waals surface area contributed by atoms with Gasteiger partial charge in [0.1, 0.15) is 57.8 Å². The predicted molar refractivity (Wildman–Crippen MR) is 337 cm³/mol. The van der Waals surface area contributed by atoms with Gasteiger partial charge in [-0.1, -0.05) is 103 Å². The summed E-state index contributed by atoms with van der Waals surface area (Å²) < 4.78 is 0. The third-order valence-electron chi connectivity index (χ3n) is 11.1. The summed E-state index contributed by atoms with van der Waals surface area (Å²) in [5.41, 5.74) is 6.76. The Hall–Kier alpha value is -13.4. The molecule has 0 radical (unpaired) electrons. The summed E-state index contributed by atoms with van der Waals surface area (Å²) in [7, 11) is 0. The normalized spacial score (nSPS) is 8.70. The van der Waals surface area contributed by atoms with Crippen molar-refractivity contribution in [1.82, 2.24) is 0 Å². The first-order chi connectivity index (χ1) is 43.5. The van der Waals surface area contributed by atoms with E-state index in [-0.39, 0.29) is 58.2 Å². The molecule has 0 saturated heterocycles.